The van der Waals surface area contributed by atoms with Crippen molar-refractivity contribution in [3.63, 3.8) is 0 Å². The van der Waals surface area contributed by atoms with Crippen molar-refractivity contribution in [3.8, 4) is 0 Å². The van der Waals surface area contributed by atoms with Gasteiger partial charge >= 0.3 is 102 Å². The first-order valence-electron chi connectivity index (χ1n) is 8.35. The molecule has 0 unspecified atom stereocenters. The monoisotopic (exact) mass is 388 g/mol. The van der Waals surface area contributed by atoms with Gasteiger partial charge in [-0.25, -0.2) is 0 Å². The fourth-order valence-corrected chi connectivity index (χ4v) is 3.71. The Bertz CT molecular complexity index is 195. The molecular weight excluding hydrogens is 352 g/mol. The molecule has 0 aliphatic heterocycles. The summed E-state index contributed by atoms with van der Waals surface area (Å²) >= 11 is -2.77. The van der Waals surface area contributed by atoms with Crippen molar-refractivity contribution in [2.75, 3.05) is 0 Å². The van der Waals surface area contributed by atoms with Gasteiger partial charge < -0.3 is 0 Å². The van der Waals surface area contributed by atoms with Crippen LogP contribution < -0.4 is 0 Å². The normalized spacial score (nSPS) is 11.3. The Morgan fingerprint density at radius 2 is 0.947 bits per heavy atom. The number of rotatable bonds is 15. The first-order valence-corrected chi connectivity index (χ1v) is 12.0. The zero-order valence-corrected chi connectivity index (χ0v) is 15.2. The summed E-state index contributed by atoms with van der Waals surface area (Å²) < 4.78 is 19.9. The van der Waals surface area contributed by atoms with Gasteiger partial charge in [0.2, 0.25) is 0 Å². The van der Waals surface area contributed by atoms with E-state index in [1.807, 2.05) is 0 Å². The van der Waals surface area contributed by atoms with E-state index in [1.165, 1.54) is 77.0 Å². The fraction of sp³-hybridized carbons (Fsp3) is 1.00. The van der Waals surface area contributed by atoms with Crippen molar-refractivity contribution >= 4 is 19.9 Å². The standard InChI is InChI=1S/C16H34O2Te/c1-2-3-4-5-6-7-8-9-10-11-12-13-14-15-16-19(17)18/h2-16H2,1H3,(H,17,18). The summed E-state index contributed by atoms with van der Waals surface area (Å²) in [6.07, 6.45) is 18.7. The summed E-state index contributed by atoms with van der Waals surface area (Å²) in [5.41, 5.74) is 0. The van der Waals surface area contributed by atoms with Gasteiger partial charge in [0.1, 0.15) is 0 Å². The molecule has 0 rings (SSSR count). The summed E-state index contributed by atoms with van der Waals surface area (Å²) in [6, 6.07) is 0. The van der Waals surface area contributed by atoms with E-state index in [0.29, 0.717) is 4.47 Å². The summed E-state index contributed by atoms with van der Waals surface area (Å²) in [7, 11) is 0. The van der Waals surface area contributed by atoms with E-state index in [0.717, 1.165) is 12.8 Å². The van der Waals surface area contributed by atoms with E-state index in [-0.39, 0.29) is 0 Å². The molecule has 0 amide bonds. The van der Waals surface area contributed by atoms with Crippen LogP contribution >= 0.6 is 0 Å². The minimum atomic E-state index is -2.77. The zero-order chi connectivity index (χ0) is 14.2. The Hall–Kier alpha value is 0.550. The van der Waals surface area contributed by atoms with Gasteiger partial charge in [-0.1, -0.05) is 26.2 Å². The van der Waals surface area contributed by atoms with E-state index in [9.17, 15) is 3.10 Å². The van der Waals surface area contributed by atoms with Gasteiger partial charge in [0.25, 0.3) is 0 Å². The van der Waals surface area contributed by atoms with Crippen LogP contribution in [0.25, 0.3) is 0 Å². The van der Waals surface area contributed by atoms with Gasteiger partial charge in [-0.3, -0.25) is 0 Å². The molecule has 0 aromatic carbocycles. The second-order valence-electron chi connectivity index (χ2n) is 5.62. The van der Waals surface area contributed by atoms with Crippen molar-refractivity contribution in [2.24, 2.45) is 0 Å². The predicted molar refractivity (Wildman–Crippen MR) is 83.8 cm³/mol. The SMILES string of the molecule is CCCCCCCCCCCCCCCC[Te](=O)O. The molecule has 0 saturated carbocycles. The third-order valence-corrected chi connectivity index (χ3v) is 5.49. The summed E-state index contributed by atoms with van der Waals surface area (Å²) in [6.45, 7) is 2.27. The van der Waals surface area contributed by atoms with Crippen LogP contribution in [0.1, 0.15) is 96.8 Å². The average molecular weight is 386 g/mol. The first-order chi connectivity index (χ1) is 9.27. The van der Waals surface area contributed by atoms with Crippen LogP contribution in [0.15, 0.2) is 0 Å². The van der Waals surface area contributed by atoms with Crippen LogP contribution in [0.5, 0.6) is 0 Å². The van der Waals surface area contributed by atoms with Gasteiger partial charge in [-0.2, -0.15) is 0 Å². The molecule has 0 bridgehead atoms. The van der Waals surface area contributed by atoms with Crippen LogP contribution in [-0.4, -0.2) is 23.4 Å². The molecule has 0 heterocycles. The second-order valence-corrected chi connectivity index (χ2v) is 8.62. The van der Waals surface area contributed by atoms with Gasteiger partial charge in [0.05, 0.1) is 0 Å². The molecule has 0 aliphatic carbocycles. The Morgan fingerprint density at radius 1 is 0.632 bits per heavy atom. The molecule has 19 heavy (non-hydrogen) atoms. The van der Waals surface area contributed by atoms with E-state index < -0.39 is 19.9 Å². The quantitative estimate of drug-likeness (QED) is 0.303. The molecule has 116 valence electrons. The molecule has 0 aliphatic rings. The number of hydrogen-bond acceptors (Lipinski definition) is 1. The van der Waals surface area contributed by atoms with E-state index >= 15 is 0 Å². The molecule has 0 saturated heterocycles. The molecule has 0 spiro atoms. The maximum absolute atomic E-state index is 10.6. The summed E-state index contributed by atoms with van der Waals surface area (Å²) in [4.78, 5) is 0. The second kappa shape index (κ2) is 16.6. The molecule has 0 aromatic rings. The molecule has 0 fully saturated rings. The Kier molecular flexibility index (Phi) is 17.1. The average Bonchev–Trinajstić information content (AvgIpc) is 2.39. The van der Waals surface area contributed by atoms with Crippen molar-refractivity contribution in [3.05, 3.63) is 0 Å². The molecule has 0 aromatic heterocycles. The fourth-order valence-electron chi connectivity index (χ4n) is 2.42. The zero-order valence-electron chi connectivity index (χ0n) is 12.9. The van der Waals surface area contributed by atoms with E-state index in [1.54, 1.807) is 0 Å². The molecule has 2 nitrogen and oxygen atoms in total. The van der Waals surface area contributed by atoms with Crippen LogP contribution in [0.3, 0.4) is 0 Å². The summed E-state index contributed by atoms with van der Waals surface area (Å²) in [5, 5.41) is 0. The van der Waals surface area contributed by atoms with Crippen LogP contribution in [0.4, 0.5) is 0 Å². The van der Waals surface area contributed by atoms with Gasteiger partial charge in [0.15, 0.2) is 0 Å². The topological polar surface area (TPSA) is 37.3 Å². The number of hydrogen-bond donors (Lipinski definition) is 1. The molecule has 0 radical (unpaired) electrons. The van der Waals surface area contributed by atoms with Gasteiger partial charge in [0, 0.05) is 0 Å². The minimum absolute atomic E-state index is 0.599. The Balaban J connectivity index is 2.93. The molecule has 0 atom stereocenters. The van der Waals surface area contributed by atoms with Crippen LogP contribution in [-0.2, 0) is 3.10 Å². The van der Waals surface area contributed by atoms with Gasteiger partial charge in [-0.15, -0.1) is 0 Å². The molecule has 3 heteroatoms. The van der Waals surface area contributed by atoms with Gasteiger partial charge in [-0.05, 0) is 0 Å². The third kappa shape index (κ3) is 18.5. The number of unbranched alkanes of at least 4 members (excludes halogenated alkanes) is 13. The Labute approximate surface area is 127 Å². The van der Waals surface area contributed by atoms with Crippen molar-refractivity contribution in [2.45, 2.75) is 101 Å². The van der Waals surface area contributed by atoms with Crippen molar-refractivity contribution in [1.29, 1.82) is 0 Å². The molecule has 1 N–H and O–H groups in total. The van der Waals surface area contributed by atoms with E-state index in [2.05, 4.69) is 6.92 Å². The summed E-state index contributed by atoms with van der Waals surface area (Å²) in [5.74, 6) is 0. The first kappa shape index (κ1) is 19.5. The van der Waals surface area contributed by atoms with E-state index in [4.69, 9.17) is 3.47 Å². The van der Waals surface area contributed by atoms with Crippen molar-refractivity contribution < 1.29 is 6.58 Å². The Morgan fingerprint density at radius 3 is 1.26 bits per heavy atom. The van der Waals surface area contributed by atoms with Crippen LogP contribution in [0, 0.1) is 0 Å². The maximum atomic E-state index is 10.6. The van der Waals surface area contributed by atoms with Crippen molar-refractivity contribution in [1.82, 2.24) is 0 Å². The predicted octanol–water partition coefficient (Wildman–Crippen LogP) is 5.38. The molecular formula is C16H34O2Te. The van der Waals surface area contributed by atoms with Crippen LogP contribution in [0.2, 0.25) is 4.47 Å². The third-order valence-electron chi connectivity index (χ3n) is 3.67.